The van der Waals surface area contributed by atoms with Gasteiger partial charge < -0.3 is 9.84 Å². The monoisotopic (exact) mass is 237 g/mol. The minimum absolute atomic E-state index is 0.230. The Morgan fingerprint density at radius 2 is 2.20 bits per heavy atom. The number of nitrogens with one attached hydrogen (secondary N) is 1. The number of aliphatic hydroxyl groups is 1. The molecule has 6 heteroatoms. The SMILES string of the molecule is COCC(O)CCNS(=O)(=O)CC1CC1. The second kappa shape index (κ2) is 5.79. The first-order chi connectivity index (χ1) is 7.03. The van der Waals surface area contributed by atoms with Crippen LogP contribution in [-0.2, 0) is 14.8 Å². The molecule has 1 unspecified atom stereocenters. The summed E-state index contributed by atoms with van der Waals surface area (Å²) in [6.07, 6.45) is 1.83. The Balaban J connectivity index is 2.12. The molecule has 1 rings (SSSR count). The summed E-state index contributed by atoms with van der Waals surface area (Å²) in [5.41, 5.74) is 0. The number of rotatable bonds is 8. The maximum absolute atomic E-state index is 11.4. The summed E-state index contributed by atoms with van der Waals surface area (Å²) < 4.78 is 30.0. The lowest BCUT2D eigenvalue weighted by Gasteiger charge is -2.10. The normalized spacial score (nSPS) is 19.1. The van der Waals surface area contributed by atoms with Crippen molar-refractivity contribution in [2.75, 3.05) is 26.0 Å². The van der Waals surface area contributed by atoms with E-state index in [1.807, 2.05) is 0 Å². The van der Waals surface area contributed by atoms with E-state index in [0.29, 0.717) is 12.3 Å². The zero-order valence-electron chi connectivity index (χ0n) is 8.98. The van der Waals surface area contributed by atoms with Gasteiger partial charge in [0.15, 0.2) is 0 Å². The lowest BCUT2D eigenvalue weighted by atomic mass is 10.3. The van der Waals surface area contributed by atoms with Crippen LogP contribution in [-0.4, -0.2) is 45.6 Å². The van der Waals surface area contributed by atoms with Crippen LogP contribution in [0.5, 0.6) is 0 Å². The van der Waals surface area contributed by atoms with Gasteiger partial charge in [0.05, 0.1) is 18.5 Å². The van der Waals surface area contributed by atoms with Crippen molar-refractivity contribution >= 4 is 10.0 Å². The summed E-state index contributed by atoms with van der Waals surface area (Å²) in [5.74, 6) is 0.583. The van der Waals surface area contributed by atoms with Crippen molar-refractivity contribution in [1.29, 1.82) is 0 Å². The van der Waals surface area contributed by atoms with Gasteiger partial charge in [0, 0.05) is 13.7 Å². The van der Waals surface area contributed by atoms with Crippen molar-refractivity contribution in [3.05, 3.63) is 0 Å². The zero-order chi connectivity index (χ0) is 11.3. The molecule has 15 heavy (non-hydrogen) atoms. The van der Waals surface area contributed by atoms with Crippen molar-refractivity contribution in [3.63, 3.8) is 0 Å². The molecule has 1 saturated carbocycles. The average molecular weight is 237 g/mol. The van der Waals surface area contributed by atoms with Gasteiger partial charge in [-0.15, -0.1) is 0 Å². The predicted octanol–water partition coefficient (Wildman–Crippen LogP) is -0.287. The van der Waals surface area contributed by atoms with E-state index >= 15 is 0 Å². The van der Waals surface area contributed by atoms with Crippen molar-refractivity contribution in [1.82, 2.24) is 4.72 Å². The van der Waals surface area contributed by atoms with Crippen LogP contribution in [0.4, 0.5) is 0 Å². The molecule has 5 nitrogen and oxygen atoms in total. The number of hydrogen-bond acceptors (Lipinski definition) is 4. The molecule has 0 saturated heterocycles. The van der Waals surface area contributed by atoms with E-state index < -0.39 is 16.1 Å². The zero-order valence-corrected chi connectivity index (χ0v) is 9.79. The van der Waals surface area contributed by atoms with Crippen molar-refractivity contribution in [3.8, 4) is 0 Å². The fourth-order valence-corrected chi connectivity index (χ4v) is 2.81. The van der Waals surface area contributed by atoms with Gasteiger partial charge in [-0.1, -0.05) is 0 Å². The number of ether oxygens (including phenoxy) is 1. The topological polar surface area (TPSA) is 75.6 Å². The second-order valence-electron chi connectivity index (χ2n) is 4.02. The van der Waals surface area contributed by atoms with E-state index in [-0.39, 0.29) is 18.9 Å². The van der Waals surface area contributed by atoms with Gasteiger partial charge in [-0.25, -0.2) is 13.1 Å². The molecule has 0 radical (unpaired) electrons. The van der Waals surface area contributed by atoms with E-state index in [0.717, 1.165) is 12.8 Å². The molecule has 0 aromatic carbocycles. The van der Waals surface area contributed by atoms with E-state index in [1.165, 1.54) is 7.11 Å². The Bertz CT molecular complexity index is 274. The Labute approximate surface area is 90.9 Å². The van der Waals surface area contributed by atoms with Gasteiger partial charge in [0.25, 0.3) is 0 Å². The van der Waals surface area contributed by atoms with Crippen LogP contribution in [0.2, 0.25) is 0 Å². The molecule has 1 fully saturated rings. The van der Waals surface area contributed by atoms with Crippen LogP contribution in [0, 0.1) is 5.92 Å². The molecule has 2 N–H and O–H groups in total. The van der Waals surface area contributed by atoms with Crippen LogP contribution in [0.1, 0.15) is 19.3 Å². The molecule has 0 aromatic rings. The highest BCUT2D eigenvalue weighted by Gasteiger charge is 2.27. The van der Waals surface area contributed by atoms with Gasteiger partial charge in [-0.05, 0) is 25.2 Å². The summed E-state index contributed by atoms with van der Waals surface area (Å²) in [5, 5.41) is 9.28. The molecule has 0 aliphatic heterocycles. The number of hydrogen-bond donors (Lipinski definition) is 2. The first-order valence-corrected chi connectivity index (χ1v) is 6.83. The van der Waals surface area contributed by atoms with Gasteiger partial charge >= 0.3 is 0 Å². The Hall–Kier alpha value is -0.170. The third-order valence-corrected chi connectivity index (χ3v) is 3.86. The summed E-state index contributed by atoms with van der Waals surface area (Å²) >= 11 is 0. The van der Waals surface area contributed by atoms with E-state index in [2.05, 4.69) is 4.72 Å². The van der Waals surface area contributed by atoms with Crippen LogP contribution >= 0.6 is 0 Å². The Morgan fingerprint density at radius 3 is 2.73 bits per heavy atom. The van der Waals surface area contributed by atoms with Gasteiger partial charge in [-0.3, -0.25) is 0 Å². The van der Waals surface area contributed by atoms with Crippen LogP contribution in [0.3, 0.4) is 0 Å². The Morgan fingerprint density at radius 1 is 1.53 bits per heavy atom. The Kier molecular flexibility index (Phi) is 4.98. The maximum Gasteiger partial charge on any atom is 0.211 e. The summed E-state index contributed by atoms with van der Waals surface area (Å²) in [6.45, 7) is 0.518. The minimum Gasteiger partial charge on any atom is -0.391 e. The summed E-state index contributed by atoms with van der Waals surface area (Å²) in [4.78, 5) is 0. The summed E-state index contributed by atoms with van der Waals surface area (Å²) in [7, 11) is -1.63. The predicted molar refractivity (Wildman–Crippen MR) is 57.0 cm³/mol. The van der Waals surface area contributed by atoms with Crippen molar-refractivity contribution in [2.24, 2.45) is 5.92 Å². The standard InChI is InChI=1S/C9H19NO4S/c1-14-6-9(11)4-5-10-15(12,13)7-8-2-3-8/h8-11H,2-7H2,1H3. The highest BCUT2D eigenvalue weighted by atomic mass is 32.2. The number of methoxy groups -OCH3 is 1. The summed E-state index contributed by atoms with van der Waals surface area (Å²) in [6, 6.07) is 0. The largest absolute Gasteiger partial charge is 0.391 e. The highest BCUT2D eigenvalue weighted by Crippen LogP contribution is 2.29. The molecule has 0 spiro atoms. The lowest BCUT2D eigenvalue weighted by molar-refractivity contribution is 0.0603. The molecule has 90 valence electrons. The van der Waals surface area contributed by atoms with Crippen LogP contribution in [0.15, 0.2) is 0 Å². The van der Waals surface area contributed by atoms with Crippen molar-refractivity contribution in [2.45, 2.75) is 25.4 Å². The minimum atomic E-state index is -3.13. The first kappa shape index (κ1) is 12.9. The fourth-order valence-electron chi connectivity index (χ4n) is 1.31. The third-order valence-electron chi connectivity index (χ3n) is 2.31. The van der Waals surface area contributed by atoms with E-state index in [4.69, 9.17) is 4.74 Å². The second-order valence-corrected chi connectivity index (χ2v) is 5.87. The fraction of sp³-hybridized carbons (Fsp3) is 1.00. The number of aliphatic hydroxyl groups excluding tert-OH is 1. The van der Waals surface area contributed by atoms with Crippen LogP contribution < -0.4 is 4.72 Å². The lowest BCUT2D eigenvalue weighted by Crippen LogP contribution is -2.30. The molecule has 1 aliphatic rings. The van der Waals surface area contributed by atoms with Gasteiger partial charge in [-0.2, -0.15) is 0 Å². The average Bonchev–Trinajstić information content (AvgIpc) is 2.87. The smallest absolute Gasteiger partial charge is 0.211 e. The van der Waals surface area contributed by atoms with E-state index in [9.17, 15) is 13.5 Å². The van der Waals surface area contributed by atoms with Gasteiger partial charge in [0.1, 0.15) is 0 Å². The maximum atomic E-state index is 11.4. The van der Waals surface area contributed by atoms with Crippen LogP contribution in [0.25, 0.3) is 0 Å². The highest BCUT2D eigenvalue weighted by molar-refractivity contribution is 7.89. The molecule has 0 heterocycles. The van der Waals surface area contributed by atoms with Gasteiger partial charge in [0.2, 0.25) is 10.0 Å². The molecular formula is C9H19NO4S. The quantitative estimate of drug-likeness (QED) is 0.608. The molecule has 0 amide bonds. The molecular weight excluding hydrogens is 218 g/mol. The first-order valence-electron chi connectivity index (χ1n) is 5.18. The third kappa shape index (κ3) is 6.09. The molecule has 1 aliphatic carbocycles. The van der Waals surface area contributed by atoms with E-state index in [1.54, 1.807) is 0 Å². The number of sulfonamides is 1. The molecule has 1 atom stereocenters. The van der Waals surface area contributed by atoms with Crippen molar-refractivity contribution < 1.29 is 18.3 Å². The molecule has 0 aromatic heterocycles. The molecule has 0 bridgehead atoms.